The maximum atomic E-state index is 12.4. The minimum absolute atomic E-state index is 0.0260. The van der Waals surface area contributed by atoms with Crippen LogP contribution in [-0.2, 0) is 4.79 Å². The number of hydrogen-bond acceptors (Lipinski definition) is 6. The van der Waals surface area contributed by atoms with Crippen LogP contribution in [0.1, 0.15) is 16.1 Å². The lowest BCUT2D eigenvalue weighted by atomic mass is 10.1. The number of para-hydroxylation sites is 1. The largest absolute Gasteiger partial charge is 0.478 e. The molecule has 2 N–H and O–H groups in total. The van der Waals surface area contributed by atoms with E-state index in [1.807, 2.05) is 0 Å². The van der Waals surface area contributed by atoms with Crippen LogP contribution in [0.2, 0.25) is 5.02 Å². The monoisotopic (exact) mass is 437 g/mol. The standard InChI is InChI=1S/C21H12ClN3O6/c22-13-5-7-16(18(10-13)25(29)30)19-8-6-14(31-19)9-12(11-23)20(26)24-17-4-2-1-3-15(17)21(27)28/h1-10H,(H,24,26)(H,27,28)/b12-9+. The van der Waals surface area contributed by atoms with Gasteiger partial charge in [0.05, 0.1) is 21.7 Å². The van der Waals surface area contributed by atoms with E-state index in [1.165, 1.54) is 54.6 Å². The summed E-state index contributed by atoms with van der Waals surface area (Å²) in [6.45, 7) is 0. The second-order valence-corrected chi connectivity index (χ2v) is 6.53. The highest BCUT2D eigenvalue weighted by Gasteiger charge is 2.19. The van der Waals surface area contributed by atoms with Crippen LogP contribution in [-0.4, -0.2) is 21.9 Å². The molecule has 10 heteroatoms. The van der Waals surface area contributed by atoms with Crippen LogP contribution in [0.25, 0.3) is 17.4 Å². The van der Waals surface area contributed by atoms with Gasteiger partial charge in [0.2, 0.25) is 0 Å². The van der Waals surface area contributed by atoms with Gasteiger partial charge in [0, 0.05) is 17.2 Å². The zero-order valence-corrected chi connectivity index (χ0v) is 16.3. The molecule has 0 saturated heterocycles. The molecule has 154 valence electrons. The number of nitriles is 1. The van der Waals surface area contributed by atoms with E-state index in [0.29, 0.717) is 0 Å². The second-order valence-electron chi connectivity index (χ2n) is 6.10. The molecule has 0 atom stereocenters. The van der Waals surface area contributed by atoms with Crippen molar-refractivity contribution in [2.75, 3.05) is 5.32 Å². The normalized spacial score (nSPS) is 10.9. The molecule has 2 aromatic carbocycles. The molecule has 0 bridgehead atoms. The van der Waals surface area contributed by atoms with Crippen molar-refractivity contribution in [3.8, 4) is 17.4 Å². The number of carbonyl (C=O) groups is 2. The number of anilines is 1. The Bertz CT molecular complexity index is 1270. The smallest absolute Gasteiger partial charge is 0.337 e. The van der Waals surface area contributed by atoms with Crippen LogP contribution in [0.3, 0.4) is 0 Å². The highest BCUT2D eigenvalue weighted by molar-refractivity contribution is 6.30. The van der Waals surface area contributed by atoms with Crippen LogP contribution in [0.4, 0.5) is 11.4 Å². The van der Waals surface area contributed by atoms with Crippen LogP contribution in [0, 0.1) is 21.4 Å². The van der Waals surface area contributed by atoms with Crippen LogP contribution >= 0.6 is 11.6 Å². The molecule has 0 aliphatic heterocycles. The number of furan rings is 1. The van der Waals surface area contributed by atoms with E-state index in [1.54, 1.807) is 6.07 Å². The maximum absolute atomic E-state index is 12.4. The van der Waals surface area contributed by atoms with Crippen molar-refractivity contribution in [1.29, 1.82) is 5.26 Å². The zero-order valence-electron chi connectivity index (χ0n) is 15.5. The van der Waals surface area contributed by atoms with E-state index >= 15 is 0 Å². The molecule has 9 nitrogen and oxygen atoms in total. The molecule has 1 heterocycles. The number of nitrogens with zero attached hydrogens (tertiary/aromatic N) is 2. The number of nitro groups is 1. The number of carbonyl (C=O) groups excluding carboxylic acids is 1. The molecule has 3 rings (SSSR count). The van der Waals surface area contributed by atoms with Crippen molar-refractivity contribution in [3.63, 3.8) is 0 Å². The third-order valence-electron chi connectivity index (χ3n) is 4.11. The van der Waals surface area contributed by atoms with Gasteiger partial charge in [-0.1, -0.05) is 23.7 Å². The summed E-state index contributed by atoms with van der Waals surface area (Å²) < 4.78 is 5.55. The molecule has 0 radical (unpaired) electrons. The second kappa shape index (κ2) is 8.94. The predicted molar refractivity (Wildman–Crippen MR) is 111 cm³/mol. The fourth-order valence-electron chi connectivity index (χ4n) is 2.70. The lowest BCUT2D eigenvalue weighted by Crippen LogP contribution is -2.16. The Morgan fingerprint density at radius 3 is 2.61 bits per heavy atom. The quantitative estimate of drug-likeness (QED) is 0.244. The fourth-order valence-corrected chi connectivity index (χ4v) is 2.86. The molecule has 1 amide bonds. The highest BCUT2D eigenvalue weighted by atomic mass is 35.5. The zero-order chi connectivity index (χ0) is 22.5. The van der Waals surface area contributed by atoms with E-state index in [-0.39, 0.29) is 44.6 Å². The Kier molecular flexibility index (Phi) is 6.14. The first kappa shape index (κ1) is 21.3. The summed E-state index contributed by atoms with van der Waals surface area (Å²) in [6.07, 6.45) is 1.14. The molecule has 31 heavy (non-hydrogen) atoms. The number of nitro benzene ring substituents is 1. The Morgan fingerprint density at radius 2 is 1.94 bits per heavy atom. The van der Waals surface area contributed by atoms with Crippen LogP contribution in [0.15, 0.2) is 64.6 Å². The Hall–Kier alpha value is -4.42. The minimum Gasteiger partial charge on any atom is -0.478 e. The third-order valence-corrected chi connectivity index (χ3v) is 4.34. The molecule has 0 aliphatic rings. The maximum Gasteiger partial charge on any atom is 0.337 e. The van der Waals surface area contributed by atoms with Crippen LogP contribution < -0.4 is 5.32 Å². The van der Waals surface area contributed by atoms with Crippen molar-refractivity contribution in [1.82, 2.24) is 0 Å². The predicted octanol–water partition coefficient (Wildman–Crippen LogP) is 4.75. The van der Waals surface area contributed by atoms with E-state index in [9.17, 15) is 30.1 Å². The van der Waals surface area contributed by atoms with Crippen molar-refractivity contribution in [3.05, 3.63) is 86.6 Å². The summed E-state index contributed by atoms with van der Waals surface area (Å²) in [7, 11) is 0. The molecular weight excluding hydrogens is 426 g/mol. The van der Waals surface area contributed by atoms with E-state index in [4.69, 9.17) is 16.0 Å². The summed E-state index contributed by atoms with van der Waals surface area (Å²) in [5.41, 5.74) is -0.554. The van der Waals surface area contributed by atoms with Crippen molar-refractivity contribution < 1.29 is 24.0 Å². The van der Waals surface area contributed by atoms with E-state index in [2.05, 4.69) is 5.32 Å². The molecule has 0 fully saturated rings. The fraction of sp³-hybridized carbons (Fsp3) is 0. The number of aromatic carboxylic acids is 1. The van der Waals surface area contributed by atoms with Crippen molar-refractivity contribution in [2.45, 2.75) is 0 Å². The number of halogens is 1. The number of benzene rings is 2. The molecule has 1 aromatic heterocycles. The minimum atomic E-state index is -1.24. The average Bonchev–Trinajstić information content (AvgIpc) is 3.20. The number of nitrogens with one attached hydrogen (secondary N) is 1. The highest BCUT2D eigenvalue weighted by Crippen LogP contribution is 2.33. The Labute approximate surface area is 179 Å². The lowest BCUT2D eigenvalue weighted by Gasteiger charge is -2.07. The van der Waals surface area contributed by atoms with Crippen molar-refractivity contribution in [2.24, 2.45) is 0 Å². The van der Waals surface area contributed by atoms with E-state index in [0.717, 1.165) is 6.08 Å². The van der Waals surface area contributed by atoms with Gasteiger partial charge < -0.3 is 14.8 Å². The first-order chi connectivity index (χ1) is 14.8. The van der Waals surface area contributed by atoms with Crippen LogP contribution in [0.5, 0.6) is 0 Å². The third kappa shape index (κ3) is 4.77. The van der Waals surface area contributed by atoms with Gasteiger partial charge in [-0.15, -0.1) is 0 Å². The number of amides is 1. The van der Waals surface area contributed by atoms with Crippen molar-refractivity contribution >= 4 is 40.9 Å². The lowest BCUT2D eigenvalue weighted by molar-refractivity contribution is -0.384. The van der Waals surface area contributed by atoms with Gasteiger partial charge in [-0.05, 0) is 36.4 Å². The summed E-state index contributed by atoms with van der Waals surface area (Å²) in [4.78, 5) is 34.4. The number of rotatable bonds is 6. The van der Waals surface area contributed by atoms with E-state index < -0.39 is 16.8 Å². The molecule has 0 aliphatic carbocycles. The molecule has 0 spiro atoms. The number of carboxylic acid groups (broad SMARTS) is 1. The summed E-state index contributed by atoms with van der Waals surface area (Å²) in [6, 6.07) is 14.4. The van der Waals surface area contributed by atoms with Gasteiger partial charge in [-0.25, -0.2) is 4.79 Å². The van der Waals surface area contributed by atoms with Gasteiger partial charge in [0.25, 0.3) is 11.6 Å². The molecule has 0 unspecified atom stereocenters. The molecular formula is C21H12ClN3O6. The summed E-state index contributed by atoms with van der Waals surface area (Å²) in [5.74, 6) is -1.84. The first-order valence-electron chi connectivity index (χ1n) is 8.59. The number of hydrogen-bond donors (Lipinski definition) is 2. The Balaban J connectivity index is 1.89. The topological polar surface area (TPSA) is 146 Å². The van der Waals surface area contributed by atoms with Gasteiger partial charge in [0.1, 0.15) is 23.2 Å². The van der Waals surface area contributed by atoms with Gasteiger partial charge >= 0.3 is 5.97 Å². The Morgan fingerprint density at radius 1 is 1.19 bits per heavy atom. The number of carboxylic acids is 1. The molecule has 0 saturated carbocycles. The SMILES string of the molecule is N#C/C(=C\c1ccc(-c2ccc(Cl)cc2[N+](=O)[O-])o1)C(=O)Nc1ccccc1C(=O)O. The van der Waals surface area contributed by atoms with Gasteiger partial charge in [-0.3, -0.25) is 14.9 Å². The summed E-state index contributed by atoms with van der Waals surface area (Å²) in [5, 5.41) is 32.4. The average molecular weight is 438 g/mol. The van der Waals surface area contributed by atoms with Gasteiger partial charge in [0.15, 0.2) is 0 Å². The molecule has 3 aromatic rings. The first-order valence-corrected chi connectivity index (χ1v) is 8.97. The van der Waals surface area contributed by atoms with Gasteiger partial charge in [-0.2, -0.15) is 5.26 Å². The summed E-state index contributed by atoms with van der Waals surface area (Å²) >= 11 is 5.81.